The molecule has 7 heteroatoms. The van der Waals surface area contributed by atoms with Crippen LogP contribution in [0.1, 0.15) is 30.9 Å². The summed E-state index contributed by atoms with van der Waals surface area (Å²) in [7, 11) is 1.85. The first-order valence-electron chi connectivity index (χ1n) is 10.4. The van der Waals surface area contributed by atoms with E-state index in [1.54, 1.807) is 6.07 Å². The van der Waals surface area contributed by atoms with Crippen LogP contribution < -0.4 is 5.32 Å². The second-order valence-electron chi connectivity index (χ2n) is 8.08. The number of fused-ring (bicyclic) bond motifs is 2. The minimum Gasteiger partial charge on any atom is -0.383 e. The molecule has 1 amide bonds. The molecule has 4 rings (SSSR count). The average Bonchev–Trinajstić information content (AvgIpc) is 2.97. The van der Waals surface area contributed by atoms with Crippen molar-refractivity contribution >= 4 is 23.2 Å². The Morgan fingerprint density at radius 1 is 1.23 bits per heavy atom. The Bertz CT molecular complexity index is 962. The molecule has 2 aliphatic heterocycles. The second kappa shape index (κ2) is 8.08. The van der Waals surface area contributed by atoms with E-state index in [4.69, 9.17) is 4.99 Å². The molecule has 7 nitrogen and oxygen atoms in total. The summed E-state index contributed by atoms with van der Waals surface area (Å²) in [6.07, 6.45) is 0.592. The lowest BCUT2D eigenvalue weighted by atomic mass is 10.0. The van der Waals surface area contributed by atoms with Gasteiger partial charge in [-0.25, -0.2) is 4.99 Å². The number of guanidine groups is 1. The number of likely N-dealkylation sites (N-methyl/N-ethyl adjacent to an activating group) is 1. The van der Waals surface area contributed by atoms with Crippen LogP contribution in [-0.2, 0) is 17.8 Å². The Balaban J connectivity index is 1.60. The molecule has 0 spiro atoms. The Morgan fingerprint density at radius 3 is 2.73 bits per heavy atom. The van der Waals surface area contributed by atoms with Gasteiger partial charge in [0.25, 0.3) is 5.91 Å². The third-order valence-electron chi connectivity index (χ3n) is 5.80. The molecule has 2 atom stereocenters. The molecule has 2 aromatic rings. The van der Waals surface area contributed by atoms with Gasteiger partial charge < -0.3 is 25.3 Å². The molecule has 2 aromatic carbocycles. The predicted molar refractivity (Wildman–Crippen MR) is 116 cm³/mol. The maximum Gasteiger partial charge on any atom is 0.253 e. The molecule has 1 saturated heterocycles. The molecular formula is C23H28N4O3. The van der Waals surface area contributed by atoms with Gasteiger partial charge in [0.15, 0.2) is 5.72 Å². The second-order valence-corrected chi connectivity index (χ2v) is 8.08. The lowest BCUT2D eigenvalue weighted by Crippen LogP contribution is -2.46. The smallest absolute Gasteiger partial charge is 0.253 e. The topological polar surface area (TPSA) is 88.4 Å². The number of amides is 1. The minimum atomic E-state index is -1.07. The Kier molecular flexibility index (Phi) is 5.49. The van der Waals surface area contributed by atoms with Crippen LogP contribution >= 0.6 is 0 Å². The highest BCUT2D eigenvalue weighted by Gasteiger charge is 2.46. The first-order chi connectivity index (χ1) is 14.4. The van der Waals surface area contributed by atoms with Crippen LogP contribution in [0.3, 0.4) is 0 Å². The minimum absolute atomic E-state index is 0.415. The van der Waals surface area contributed by atoms with Gasteiger partial charge in [-0.3, -0.25) is 4.79 Å². The van der Waals surface area contributed by atoms with E-state index >= 15 is 0 Å². The van der Waals surface area contributed by atoms with Crippen molar-refractivity contribution in [2.45, 2.75) is 44.6 Å². The first kappa shape index (κ1) is 20.4. The van der Waals surface area contributed by atoms with Crippen molar-refractivity contribution in [2.75, 3.05) is 18.9 Å². The molecule has 2 unspecified atom stereocenters. The monoisotopic (exact) mass is 408 g/mol. The van der Waals surface area contributed by atoms with Crippen molar-refractivity contribution < 1.29 is 15.0 Å². The van der Waals surface area contributed by atoms with Crippen LogP contribution in [0.15, 0.2) is 53.5 Å². The van der Waals surface area contributed by atoms with E-state index in [0.717, 1.165) is 17.5 Å². The fourth-order valence-corrected chi connectivity index (χ4v) is 4.13. The van der Waals surface area contributed by atoms with Gasteiger partial charge >= 0.3 is 0 Å². The number of benzene rings is 2. The molecule has 1 fully saturated rings. The Morgan fingerprint density at radius 2 is 2.00 bits per heavy atom. The standard InChI is InChI=1S/C23H28N4O3/c1-3-8-19(28)21(29)24-18-12-7-11-17-14-27-15-23(30,13-16-9-5-4-6-10-16)26(2)22(27)25-20(17)18/h4-7,9-12,19,28,30H,3,8,13-15H2,1-2H3,(H,24,29). The van der Waals surface area contributed by atoms with Gasteiger partial charge in [0.1, 0.15) is 6.10 Å². The zero-order valence-corrected chi connectivity index (χ0v) is 17.4. The summed E-state index contributed by atoms with van der Waals surface area (Å²) in [6, 6.07) is 15.6. The van der Waals surface area contributed by atoms with Crippen LogP contribution in [-0.4, -0.2) is 57.3 Å². The van der Waals surface area contributed by atoms with Gasteiger partial charge in [-0.1, -0.05) is 55.8 Å². The molecule has 0 bridgehead atoms. The molecule has 3 N–H and O–H groups in total. The largest absolute Gasteiger partial charge is 0.383 e. The quantitative estimate of drug-likeness (QED) is 0.683. The summed E-state index contributed by atoms with van der Waals surface area (Å²) in [6.45, 7) is 2.97. The molecule has 158 valence electrons. The normalized spacial score (nSPS) is 21.0. The van der Waals surface area contributed by atoms with Crippen molar-refractivity contribution in [3.05, 3.63) is 59.7 Å². The summed E-state index contributed by atoms with van der Waals surface area (Å²) in [5.41, 5.74) is 2.22. The predicted octanol–water partition coefficient (Wildman–Crippen LogP) is 2.47. The van der Waals surface area contributed by atoms with Crippen LogP contribution in [0, 0.1) is 0 Å². The number of carbonyl (C=O) groups is 1. The summed E-state index contributed by atoms with van der Waals surface area (Å²) < 4.78 is 0. The van der Waals surface area contributed by atoms with Gasteiger partial charge in [-0.15, -0.1) is 0 Å². The third-order valence-corrected chi connectivity index (χ3v) is 5.80. The number of para-hydroxylation sites is 1. The maximum absolute atomic E-state index is 12.3. The molecule has 0 aromatic heterocycles. The summed E-state index contributed by atoms with van der Waals surface area (Å²) in [5.74, 6) is 0.255. The van der Waals surface area contributed by atoms with Crippen LogP contribution in [0.25, 0.3) is 0 Å². The van der Waals surface area contributed by atoms with E-state index < -0.39 is 17.7 Å². The fraction of sp³-hybridized carbons (Fsp3) is 0.391. The molecule has 0 aliphatic carbocycles. The van der Waals surface area contributed by atoms with E-state index in [0.29, 0.717) is 43.3 Å². The number of nitrogens with one attached hydrogen (secondary N) is 1. The Labute approximate surface area is 176 Å². The highest BCUT2D eigenvalue weighted by molar-refractivity contribution is 5.99. The molecule has 0 saturated carbocycles. The van der Waals surface area contributed by atoms with Crippen molar-refractivity contribution in [3.63, 3.8) is 0 Å². The number of nitrogens with zero attached hydrogens (tertiary/aromatic N) is 3. The number of aliphatic imine (C=N–C) groups is 1. The summed E-state index contributed by atoms with van der Waals surface area (Å²) >= 11 is 0. The molecule has 30 heavy (non-hydrogen) atoms. The van der Waals surface area contributed by atoms with E-state index in [1.807, 2.05) is 61.3 Å². The number of rotatable bonds is 6. The number of hydrogen-bond donors (Lipinski definition) is 3. The summed E-state index contributed by atoms with van der Waals surface area (Å²) in [4.78, 5) is 21.0. The summed E-state index contributed by atoms with van der Waals surface area (Å²) in [5, 5.41) is 24.2. The van der Waals surface area contributed by atoms with Gasteiger partial charge in [-0.2, -0.15) is 0 Å². The van der Waals surface area contributed by atoms with Crippen molar-refractivity contribution in [1.29, 1.82) is 0 Å². The fourth-order valence-electron chi connectivity index (χ4n) is 4.13. The number of aliphatic hydroxyl groups is 2. The lowest BCUT2D eigenvalue weighted by molar-refractivity contribution is -0.124. The zero-order valence-electron chi connectivity index (χ0n) is 17.4. The van der Waals surface area contributed by atoms with Gasteiger partial charge in [0.05, 0.1) is 17.9 Å². The third kappa shape index (κ3) is 3.78. The zero-order chi connectivity index (χ0) is 21.3. The number of aliphatic hydroxyl groups excluding tert-OH is 1. The average molecular weight is 409 g/mol. The molecule has 0 radical (unpaired) electrons. The van der Waals surface area contributed by atoms with Crippen LogP contribution in [0.5, 0.6) is 0 Å². The first-order valence-corrected chi connectivity index (χ1v) is 10.4. The lowest BCUT2D eigenvalue weighted by Gasteiger charge is -2.30. The highest BCUT2D eigenvalue weighted by Crippen LogP contribution is 2.38. The molecule has 2 heterocycles. The van der Waals surface area contributed by atoms with Crippen molar-refractivity contribution in [1.82, 2.24) is 9.80 Å². The maximum atomic E-state index is 12.3. The van der Waals surface area contributed by atoms with E-state index in [-0.39, 0.29) is 0 Å². The SMILES string of the molecule is CCCC(O)C(=O)Nc1cccc2c1N=C1N(C2)CC(O)(Cc2ccccc2)N1C. The van der Waals surface area contributed by atoms with Gasteiger partial charge in [0, 0.05) is 20.0 Å². The van der Waals surface area contributed by atoms with Gasteiger partial charge in [-0.05, 0) is 23.6 Å². The number of hydrogen-bond acceptors (Lipinski definition) is 6. The van der Waals surface area contributed by atoms with Crippen LogP contribution in [0.4, 0.5) is 11.4 Å². The Hall–Kier alpha value is -2.90. The number of carbonyl (C=O) groups excluding carboxylic acids is 1. The highest BCUT2D eigenvalue weighted by atomic mass is 16.3. The van der Waals surface area contributed by atoms with Crippen molar-refractivity contribution in [2.24, 2.45) is 4.99 Å². The molecular weight excluding hydrogens is 380 g/mol. The van der Waals surface area contributed by atoms with E-state index in [2.05, 4.69) is 10.2 Å². The van der Waals surface area contributed by atoms with E-state index in [9.17, 15) is 15.0 Å². The number of anilines is 1. The van der Waals surface area contributed by atoms with Crippen LogP contribution in [0.2, 0.25) is 0 Å². The van der Waals surface area contributed by atoms with Gasteiger partial charge in [0.2, 0.25) is 5.96 Å². The van der Waals surface area contributed by atoms with Crippen molar-refractivity contribution in [3.8, 4) is 0 Å². The van der Waals surface area contributed by atoms with E-state index in [1.165, 1.54) is 0 Å². The molecule has 2 aliphatic rings.